The van der Waals surface area contributed by atoms with Crippen LogP contribution in [0.3, 0.4) is 0 Å². The van der Waals surface area contributed by atoms with Crippen molar-refractivity contribution in [1.82, 2.24) is 0 Å². The number of hydrogen-bond acceptors (Lipinski definition) is 0. The van der Waals surface area contributed by atoms with Crippen molar-refractivity contribution in [2.24, 2.45) is 0 Å². The molecule has 0 atom stereocenters. The van der Waals surface area contributed by atoms with Crippen LogP contribution in [0.1, 0.15) is 252 Å². The summed E-state index contributed by atoms with van der Waals surface area (Å²) in [5.41, 5.74) is 0. The van der Waals surface area contributed by atoms with Crippen LogP contribution in [-0.2, 0) is 0 Å². The molecule has 334 valence electrons. The number of halogens is 1. The third-order valence-corrected chi connectivity index (χ3v) is 11.7. The minimum absolute atomic E-state index is 0. The lowest BCUT2D eigenvalue weighted by Gasteiger charge is -2.35. The van der Waals surface area contributed by atoms with Gasteiger partial charge in [0.1, 0.15) is 0 Å². The second kappa shape index (κ2) is 50.8. The van der Waals surface area contributed by atoms with Gasteiger partial charge in [-0.2, -0.15) is 0 Å². The molecule has 1 nitrogen and oxygen atoms in total. The Morgan fingerprint density at radius 1 is 0.246 bits per heavy atom. The van der Waals surface area contributed by atoms with Gasteiger partial charge in [-0.25, -0.2) is 0 Å². The smallest absolute Gasteiger partial charge is 0.0784 e. The van der Waals surface area contributed by atoms with Gasteiger partial charge < -0.3 is 16.9 Å². The Balaban J connectivity index is 0. The van der Waals surface area contributed by atoms with Crippen LogP contribution in [0.5, 0.6) is 0 Å². The number of allylic oxidation sites excluding steroid dienone is 12. The van der Waals surface area contributed by atoms with E-state index in [1.807, 2.05) is 0 Å². The summed E-state index contributed by atoms with van der Waals surface area (Å²) in [6, 6.07) is 0. The third kappa shape index (κ3) is 49.0. The van der Waals surface area contributed by atoms with Crippen molar-refractivity contribution in [2.45, 2.75) is 252 Å². The van der Waals surface area contributed by atoms with E-state index < -0.39 is 0 Å². The minimum Gasteiger partial charge on any atom is -1.00 e. The van der Waals surface area contributed by atoms with Gasteiger partial charge in [-0.05, 0) is 135 Å². The molecule has 0 fully saturated rings. The van der Waals surface area contributed by atoms with Crippen molar-refractivity contribution in [2.75, 3.05) is 26.7 Å². The van der Waals surface area contributed by atoms with Gasteiger partial charge in [-0.3, -0.25) is 0 Å². The van der Waals surface area contributed by atoms with Crippen molar-refractivity contribution in [3.05, 3.63) is 72.9 Å². The van der Waals surface area contributed by atoms with Crippen LogP contribution in [0.4, 0.5) is 0 Å². The van der Waals surface area contributed by atoms with Crippen molar-refractivity contribution in [3.63, 3.8) is 0 Å². The normalized spacial score (nSPS) is 13.5. The maximum atomic E-state index is 2.60. The lowest BCUT2D eigenvalue weighted by atomic mass is 10.1. The highest BCUT2D eigenvalue weighted by atomic mass is 35.5. The van der Waals surface area contributed by atoms with Gasteiger partial charge in [0, 0.05) is 0 Å². The van der Waals surface area contributed by atoms with Gasteiger partial charge in [0.25, 0.3) is 0 Å². The molecule has 0 spiro atoms. The van der Waals surface area contributed by atoms with Crippen molar-refractivity contribution >= 4 is 0 Å². The number of quaternary nitrogens is 1. The highest BCUT2D eigenvalue weighted by Gasteiger charge is 2.20. The molecule has 2 heteroatoms. The molecule has 0 aliphatic heterocycles. The summed E-state index contributed by atoms with van der Waals surface area (Å²) >= 11 is 0. The van der Waals surface area contributed by atoms with E-state index in [1.165, 1.54) is 236 Å². The first-order valence-corrected chi connectivity index (χ1v) is 25.4. The molecule has 0 aromatic rings. The van der Waals surface area contributed by atoms with E-state index in [1.54, 1.807) is 0 Å². The van der Waals surface area contributed by atoms with Gasteiger partial charge >= 0.3 is 0 Å². The number of hydrogen-bond donors (Lipinski definition) is 0. The zero-order chi connectivity index (χ0) is 40.6. The van der Waals surface area contributed by atoms with Crippen LogP contribution in [0.25, 0.3) is 0 Å². The average molecular weight is 813 g/mol. The highest BCUT2D eigenvalue weighted by Crippen LogP contribution is 2.17. The zero-order valence-electron chi connectivity index (χ0n) is 39.3. The van der Waals surface area contributed by atoms with Gasteiger partial charge in [0.15, 0.2) is 0 Å². The molecule has 0 aliphatic rings. The molecule has 0 heterocycles. The maximum absolute atomic E-state index is 2.60. The second-order valence-electron chi connectivity index (χ2n) is 17.5. The lowest BCUT2D eigenvalue weighted by Crippen LogP contribution is -3.00. The van der Waals surface area contributed by atoms with E-state index in [-0.39, 0.29) is 12.4 Å². The molecular weight excluding hydrogens is 710 g/mol. The summed E-state index contributed by atoms with van der Waals surface area (Å²) in [4.78, 5) is 0. The molecule has 0 amide bonds. The summed E-state index contributed by atoms with van der Waals surface area (Å²) < 4.78 is 1.33. The molecule has 0 radical (unpaired) electrons. The molecule has 0 bridgehead atoms. The molecule has 0 saturated heterocycles. The monoisotopic (exact) mass is 812 g/mol. The fourth-order valence-electron chi connectivity index (χ4n) is 7.78. The first kappa shape index (κ1) is 57.8. The zero-order valence-corrected chi connectivity index (χ0v) is 40.1. The van der Waals surface area contributed by atoms with E-state index in [0.717, 1.165) is 19.3 Å². The molecule has 0 unspecified atom stereocenters. The van der Waals surface area contributed by atoms with E-state index in [4.69, 9.17) is 0 Å². The second-order valence-corrected chi connectivity index (χ2v) is 17.5. The Bertz CT molecular complexity index is 806. The summed E-state index contributed by atoms with van der Waals surface area (Å²) in [5.74, 6) is 0. The predicted molar refractivity (Wildman–Crippen MR) is 259 cm³/mol. The summed E-state index contributed by atoms with van der Waals surface area (Å²) in [7, 11) is 2.60. The standard InChI is InChI=1S/C55H102N.ClH/c1-5-8-11-14-17-20-23-26-29-32-35-38-41-44-47-50-53-56(4,54-51-48-45-42-39-36-33-30-27-24-21-18-15-12-9-6-2)55-52-49-46-43-40-37-34-31-28-25-22-19-16-13-10-7-3;/h17-22,26-31H,5-16,23-25,32-55H2,1-4H3;1H/q+1;/p-1. The Kier molecular flexibility index (Phi) is 51.5. The van der Waals surface area contributed by atoms with E-state index >= 15 is 0 Å². The van der Waals surface area contributed by atoms with Crippen molar-refractivity contribution < 1.29 is 16.9 Å². The number of nitrogens with zero attached hydrogens (tertiary/aromatic N) is 1. The van der Waals surface area contributed by atoms with Gasteiger partial charge in [0.05, 0.1) is 26.7 Å². The van der Waals surface area contributed by atoms with Crippen molar-refractivity contribution in [1.29, 1.82) is 0 Å². The molecule has 0 saturated carbocycles. The van der Waals surface area contributed by atoms with Crippen LogP contribution in [0, 0.1) is 0 Å². The van der Waals surface area contributed by atoms with Crippen LogP contribution in [0.2, 0.25) is 0 Å². The molecule has 0 aliphatic carbocycles. The topological polar surface area (TPSA) is 0 Å². The van der Waals surface area contributed by atoms with Crippen LogP contribution >= 0.6 is 0 Å². The fourth-order valence-corrected chi connectivity index (χ4v) is 7.78. The molecule has 0 N–H and O–H groups in total. The fraction of sp³-hybridized carbons (Fsp3) is 0.782. The lowest BCUT2D eigenvalue weighted by molar-refractivity contribution is -0.910. The summed E-state index contributed by atoms with van der Waals surface area (Å²) in [6.45, 7) is 11.0. The highest BCUT2D eigenvalue weighted by molar-refractivity contribution is 4.94. The summed E-state index contributed by atoms with van der Waals surface area (Å²) in [6.07, 6.45) is 77.0. The minimum atomic E-state index is 0. The van der Waals surface area contributed by atoms with Gasteiger partial charge in [0.2, 0.25) is 0 Å². The largest absolute Gasteiger partial charge is 1.00 e. The quantitative estimate of drug-likeness (QED) is 0.0326. The van der Waals surface area contributed by atoms with E-state index in [0.29, 0.717) is 0 Å². The Morgan fingerprint density at radius 3 is 0.667 bits per heavy atom. The van der Waals surface area contributed by atoms with Crippen LogP contribution < -0.4 is 12.4 Å². The van der Waals surface area contributed by atoms with Gasteiger partial charge in [-0.1, -0.05) is 190 Å². The molecule has 0 aromatic heterocycles. The SMILES string of the molecule is CCCCCC=CCC=CCCCCCCCC[N+](C)(CCCCCCCCC=CCC=CCCCCC)CCCCCCCCC=CCC=CCCCCC.[Cl-]. The molecular formula is C55H102ClN. The maximum Gasteiger partial charge on any atom is 0.0784 e. The predicted octanol–water partition coefficient (Wildman–Crippen LogP) is 15.9. The number of unbranched alkanes of at least 4 members (excludes halogenated alkanes) is 27. The number of rotatable bonds is 45. The molecule has 0 rings (SSSR count). The van der Waals surface area contributed by atoms with Crippen molar-refractivity contribution in [3.8, 4) is 0 Å². The van der Waals surface area contributed by atoms with Crippen LogP contribution in [0.15, 0.2) is 72.9 Å². The van der Waals surface area contributed by atoms with Gasteiger partial charge in [-0.15, -0.1) is 0 Å². The molecule has 0 aromatic carbocycles. The Labute approximate surface area is 366 Å². The summed E-state index contributed by atoms with van der Waals surface area (Å²) in [5, 5.41) is 0. The third-order valence-electron chi connectivity index (χ3n) is 11.7. The van der Waals surface area contributed by atoms with E-state index in [9.17, 15) is 0 Å². The first-order chi connectivity index (χ1) is 27.7. The first-order valence-electron chi connectivity index (χ1n) is 25.4. The Hall–Kier alpha value is -1.31. The Morgan fingerprint density at radius 2 is 0.439 bits per heavy atom. The van der Waals surface area contributed by atoms with Crippen LogP contribution in [-0.4, -0.2) is 31.2 Å². The molecule has 57 heavy (non-hydrogen) atoms. The average Bonchev–Trinajstić information content (AvgIpc) is 3.20. The van der Waals surface area contributed by atoms with E-state index in [2.05, 4.69) is 101 Å².